The predicted molar refractivity (Wildman–Crippen MR) is 62.0 cm³/mol. The number of hydrogen-bond acceptors (Lipinski definition) is 3. The summed E-state index contributed by atoms with van der Waals surface area (Å²) in [5.41, 5.74) is 5.41. The molecule has 1 fully saturated rings. The van der Waals surface area contributed by atoms with E-state index in [1.165, 1.54) is 6.42 Å². The van der Waals surface area contributed by atoms with E-state index in [9.17, 15) is 9.00 Å². The summed E-state index contributed by atoms with van der Waals surface area (Å²) in [6.45, 7) is 3.85. The zero-order valence-electron chi connectivity index (χ0n) is 9.28. The Morgan fingerprint density at radius 1 is 1.40 bits per heavy atom. The highest BCUT2D eigenvalue weighted by Crippen LogP contribution is 2.09. The topological polar surface area (TPSA) is 63.4 Å². The van der Waals surface area contributed by atoms with Crippen LogP contribution in [0.3, 0.4) is 0 Å². The van der Waals surface area contributed by atoms with Crippen LogP contribution in [-0.2, 0) is 15.6 Å². The van der Waals surface area contributed by atoms with Crippen LogP contribution in [0.2, 0.25) is 0 Å². The van der Waals surface area contributed by atoms with Gasteiger partial charge < -0.3 is 10.6 Å². The van der Waals surface area contributed by atoms with Gasteiger partial charge in [0.05, 0.1) is 0 Å². The van der Waals surface area contributed by atoms with Crippen LogP contribution in [0, 0.1) is 0 Å². The van der Waals surface area contributed by atoms with E-state index in [4.69, 9.17) is 5.73 Å². The number of piperidine rings is 1. The molecule has 0 radical (unpaired) electrons. The first-order valence-corrected chi connectivity index (χ1v) is 6.88. The van der Waals surface area contributed by atoms with Gasteiger partial charge in [0.25, 0.3) is 0 Å². The molecule has 15 heavy (non-hydrogen) atoms. The van der Waals surface area contributed by atoms with Gasteiger partial charge in [-0.2, -0.15) is 0 Å². The molecule has 1 amide bonds. The molecule has 0 bridgehead atoms. The summed E-state index contributed by atoms with van der Waals surface area (Å²) in [6.07, 6.45) is 3.35. The van der Waals surface area contributed by atoms with Crippen molar-refractivity contribution in [3.63, 3.8) is 0 Å². The molecule has 2 unspecified atom stereocenters. The van der Waals surface area contributed by atoms with Crippen LogP contribution >= 0.6 is 0 Å². The van der Waals surface area contributed by atoms with Crippen molar-refractivity contribution < 1.29 is 9.00 Å². The molecule has 88 valence electrons. The Labute approximate surface area is 93.7 Å². The van der Waals surface area contributed by atoms with E-state index in [0.717, 1.165) is 25.9 Å². The molecule has 1 heterocycles. The molecule has 1 saturated heterocycles. The molecule has 5 heteroatoms. The number of carbonyl (C=O) groups excluding carboxylic acids is 1. The molecule has 1 aliphatic heterocycles. The maximum absolute atomic E-state index is 11.7. The highest BCUT2D eigenvalue weighted by Gasteiger charge is 2.20. The maximum atomic E-state index is 11.7. The third kappa shape index (κ3) is 3.91. The van der Waals surface area contributed by atoms with Crippen molar-refractivity contribution in [3.05, 3.63) is 0 Å². The third-order valence-electron chi connectivity index (χ3n) is 2.76. The molecule has 1 aliphatic rings. The Morgan fingerprint density at radius 3 is 2.53 bits per heavy atom. The summed E-state index contributed by atoms with van der Waals surface area (Å²) in [7, 11) is -1.11. The third-order valence-corrected chi connectivity index (χ3v) is 4.38. The largest absolute Gasteiger partial charge is 0.342 e. The van der Waals surface area contributed by atoms with Gasteiger partial charge in [0.2, 0.25) is 5.91 Å². The maximum Gasteiger partial charge on any atom is 0.235 e. The van der Waals surface area contributed by atoms with Gasteiger partial charge >= 0.3 is 0 Å². The standard InChI is InChI=1S/C10H20N2O2S/c1-9(7-11)15(14)8-10(13)12-5-3-2-4-6-12/h9H,2-8,11H2,1H3. The second-order valence-corrected chi connectivity index (χ2v) is 5.87. The molecule has 0 aromatic heterocycles. The number of rotatable bonds is 4. The number of likely N-dealkylation sites (tertiary alicyclic amines) is 1. The van der Waals surface area contributed by atoms with Crippen LogP contribution in [0.4, 0.5) is 0 Å². The SMILES string of the molecule is CC(CN)S(=O)CC(=O)N1CCCCC1. The van der Waals surface area contributed by atoms with Gasteiger partial charge in [-0.25, -0.2) is 0 Å². The van der Waals surface area contributed by atoms with Gasteiger partial charge in [0.1, 0.15) is 5.75 Å². The van der Waals surface area contributed by atoms with Crippen LogP contribution < -0.4 is 5.73 Å². The van der Waals surface area contributed by atoms with Crippen molar-refractivity contribution in [2.24, 2.45) is 5.73 Å². The normalized spacial score (nSPS) is 21.1. The molecular formula is C10H20N2O2S. The molecule has 0 saturated carbocycles. The van der Waals surface area contributed by atoms with Crippen LogP contribution in [0.5, 0.6) is 0 Å². The van der Waals surface area contributed by atoms with Gasteiger partial charge in [0, 0.05) is 35.7 Å². The molecule has 4 nitrogen and oxygen atoms in total. The zero-order chi connectivity index (χ0) is 11.3. The molecule has 0 spiro atoms. The second-order valence-electron chi connectivity index (χ2n) is 4.01. The second kappa shape index (κ2) is 6.23. The van der Waals surface area contributed by atoms with Crippen molar-refractivity contribution in [3.8, 4) is 0 Å². The number of hydrogen-bond donors (Lipinski definition) is 1. The molecule has 2 atom stereocenters. The lowest BCUT2D eigenvalue weighted by molar-refractivity contribution is -0.129. The lowest BCUT2D eigenvalue weighted by Crippen LogP contribution is -2.40. The average molecular weight is 232 g/mol. The Morgan fingerprint density at radius 2 is 2.00 bits per heavy atom. The Kier molecular flexibility index (Phi) is 5.25. The van der Waals surface area contributed by atoms with Gasteiger partial charge in [-0.1, -0.05) is 0 Å². The van der Waals surface area contributed by atoms with Crippen molar-refractivity contribution >= 4 is 16.7 Å². The van der Waals surface area contributed by atoms with Gasteiger partial charge in [-0.15, -0.1) is 0 Å². The molecule has 0 aliphatic carbocycles. The molecule has 1 rings (SSSR count). The molecule has 2 N–H and O–H groups in total. The first-order valence-electron chi connectivity index (χ1n) is 5.50. The highest BCUT2D eigenvalue weighted by molar-refractivity contribution is 7.86. The number of nitrogens with two attached hydrogens (primary N) is 1. The van der Waals surface area contributed by atoms with Crippen molar-refractivity contribution in [1.82, 2.24) is 4.90 Å². The van der Waals surface area contributed by atoms with Crippen LogP contribution in [0.25, 0.3) is 0 Å². The van der Waals surface area contributed by atoms with Gasteiger partial charge in [-0.05, 0) is 26.2 Å². The summed E-state index contributed by atoms with van der Waals surface area (Å²) in [5, 5.41) is -0.0845. The fourth-order valence-corrected chi connectivity index (χ4v) is 2.53. The predicted octanol–water partition coefficient (Wildman–Crippen LogP) is 0.0948. The van der Waals surface area contributed by atoms with E-state index in [1.807, 2.05) is 11.8 Å². The fraction of sp³-hybridized carbons (Fsp3) is 0.900. The minimum absolute atomic E-state index is 0.0216. The monoisotopic (exact) mass is 232 g/mol. The summed E-state index contributed by atoms with van der Waals surface area (Å²) in [6, 6.07) is 0. The summed E-state index contributed by atoms with van der Waals surface area (Å²) in [5.74, 6) is 0.159. The Hall–Kier alpha value is -0.420. The van der Waals surface area contributed by atoms with Crippen molar-refractivity contribution in [2.75, 3.05) is 25.4 Å². The number of nitrogens with zero attached hydrogens (tertiary/aromatic N) is 1. The average Bonchev–Trinajstić information content (AvgIpc) is 2.29. The van der Waals surface area contributed by atoms with Gasteiger partial charge in [-0.3, -0.25) is 9.00 Å². The van der Waals surface area contributed by atoms with Crippen LogP contribution in [0.15, 0.2) is 0 Å². The minimum atomic E-state index is -1.11. The zero-order valence-corrected chi connectivity index (χ0v) is 10.1. The van der Waals surface area contributed by atoms with Crippen LogP contribution in [0.1, 0.15) is 26.2 Å². The van der Waals surface area contributed by atoms with E-state index < -0.39 is 10.8 Å². The molecular weight excluding hydrogens is 212 g/mol. The first kappa shape index (κ1) is 12.6. The smallest absolute Gasteiger partial charge is 0.235 e. The fourth-order valence-electron chi connectivity index (χ4n) is 1.61. The number of amides is 1. The minimum Gasteiger partial charge on any atom is -0.342 e. The summed E-state index contributed by atoms with van der Waals surface area (Å²) >= 11 is 0. The first-order chi connectivity index (χ1) is 7.15. The Bertz CT molecular complexity index is 240. The highest BCUT2D eigenvalue weighted by atomic mass is 32.2. The quantitative estimate of drug-likeness (QED) is 0.747. The van der Waals surface area contributed by atoms with Crippen LogP contribution in [-0.4, -0.2) is 45.7 Å². The van der Waals surface area contributed by atoms with Crippen molar-refractivity contribution in [1.29, 1.82) is 0 Å². The number of carbonyl (C=O) groups is 1. The van der Waals surface area contributed by atoms with E-state index >= 15 is 0 Å². The summed E-state index contributed by atoms with van der Waals surface area (Å²) < 4.78 is 11.6. The van der Waals surface area contributed by atoms with Gasteiger partial charge in [0.15, 0.2) is 0 Å². The molecule has 0 aromatic rings. The van der Waals surface area contributed by atoms with E-state index in [-0.39, 0.29) is 16.9 Å². The van der Waals surface area contributed by atoms with E-state index in [2.05, 4.69) is 0 Å². The lowest BCUT2D eigenvalue weighted by Gasteiger charge is -2.26. The molecule has 0 aromatic carbocycles. The Balaban J connectivity index is 2.37. The summed E-state index contributed by atoms with van der Waals surface area (Å²) in [4.78, 5) is 13.5. The van der Waals surface area contributed by atoms with E-state index in [0.29, 0.717) is 6.54 Å². The lowest BCUT2D eigenvalue weighted by atomic mass is 10.1. The van der Waals surface area contributed by atoms with E-state index in [1.54, 1.807) is 0 Å². The van der Waals surface area contributed by atoms with Crippen molar-refractivity contribution in [2.45, 2.75) is 31.4 Å².